The molecule has 0 aliphatic rings. The van der Waals surface area contributed by atoms with Crippen LogP contribution in [0.5, 0.6) is 0 Å². The lowest BCUT2D eigenvalue weighted by Gasteiger charge is -2.25. The van der Waals surface area contributed by atoms with E-state index in [0.717, 1.165) is 11.3 Å². The summed E-state index contributed by atoms with van der Waals surface area (Å²) in [6.45, 7) is 4.81. The summed E-state index contributed by atoms with van der Waals surface area (Å²) in [6, 6.07) is 3.68. The molecule has 2 aromatic heterocycles. The fraction of sp³-hybridized carbons (Fsp3) is 0.318. The zero-order valence-electron chi connectivity index (χ0n) is 19.2. The quantitative estimate of drug-likeness (QED) is 0.273. The highest BCUT2D eigenvalue weighted by atomic mass is 16.4. The van der Waals surface area contributed by atoms with E-state index in [9.17, 15) is 19.5 Å². The Morgan fingerprint density at radius 2 is 1.89 bits per heavy atom. The summed E-state index contributed by atoms with van der Waals surface area (Å²) in [7, 11) is 0. The van der Waals surface area contributed by atoms with Gasteiger partial charge in [-0.2, -0.15) is 9.97 Å². The SMILES string of the molecule is CCN(Cc1cnc2nc(N)nc(N)c2n1)c1ccc(C(=O)N[C@@H](CCC(=O)O)C(=O)O)cc1C. The number of carbonyl (C=O) groups excluding carboxylic acids is 1. The van der Waals surface area contributed by atoms with E-state index >= 15 is 0 Å². The minimum absolute atomic E-state index is 0.0172. The van der Waals surface area contributed by atoms with E-state index in [4.69, 9.17) is 16.6 Å². The third-order valence-corrected chi connectivity index (χ3v) is 5.29. The topological polar surface area (TPSA) is 211 Å². The number of carboxylic acids is 2. The third-order valence-electron chi connectivity index (χ3n) is 5.29. The second-order valence-electron chi connectivity index (χ2n) is 7.81. The van der Waals surface area contributed by atoms with Crippen molar-refractivity contribution in [2.24, 2.45) is 0 Å². The number of anilines is 3. The Balaban J connectivity index is 1.78. The smallest absolute Gasteiger partial charge is 0.326 e. The summed E-state index contributed by atoms with van der Waals surface area (Å²) in [5.41, 5.74) is 14.7. The van der Waals surface area contributed by atoms with E-state index in [0.29, 0.717) is 29.9 Å². The van der Waals surface area contributed by atoms with Crippen molar-refractivity contribution in [2.45, 2.75) is 39.3 Å². The average molecular weight is 483 g/mol. The second kappa shape index (κ2) is 10.6. The third kappa shape index (κ3) is 6.07. The molecular weight excluding hydrogens is 456 g/mol. The maximum atomic E-state index is 12.6. The van der Waals surface area contributed by atoms with Crippen LogP contribution < -0.4 is 21.7 Å². The molecule has 35 heavy (non-hydrogen) atoms. The molecule has 184 valence electrons. The number of carboxylic acid groups (broad SMARTS) is 2. The number of nitrogen functional groups attached to an aromatic ring is 2. The molecule has 13 heteroatoms. The lowest BCUT2D eigenvalue weighted by atomic mass is 10.1. The van der Waals surface area contributed by atoms with Crippen molar-refractivity contribution in [3.8, 4) is 0 Å². The molecule has 0 aliphatic carbocycles. The van der Waals surface area contributed by atoms with Gasteiger partial charge in [-0.1, -0.05) is 0 Å². The first kappa shape index (κ1) is 25.1. The molecule has 13 nitrogen and oxygen atoms in total. The number of carbonyl (C=O) groups is 3. The van der Waals surface area contributed by atoms with E-state index in [2.05, 4.69) is 25.3 Å². The summed E-state index contributed by atoms with van der Waals surface area (Å²) >= 11 is 0. The van der Waals surface area contributed by atoms with Crippen molar-refractivity contribution >= 4 is 46.5 Å². The monoisotopic (exact) mass is 482 g/mol. The van der Waals surface area contributed by atoms with Crippen molar-refractivity contribution in [2.75, 3.05) is 22.9 Å². The number of rotatable bonds is 10. The van der Waals surface area contributed by atoms with Crippen LogP contribution in [0.15, 0.2) is 24.4 Å². The van der Waals surface area contributed by atoms with Gasteiger partial charge in [0.25, 0.3) is 5.91 Å². The van der Waals surface area contributed by atoms with Gasteiger partial charge in [-0.15, -0.1) is 0 Å². The predicted octanol–water partition coefficient (Wildman–Crippen LogP) is 0.967. The van der Waals surface area contributed by atoms with Gasteiger partial charge in [0.1, 0.15) is 6.04 Å². The van der Waals surface area contributed by atoms with Gasteiger partial charge >= 0.3 is 11.9 Å². The first-order valence-electron chi connectivity index (χ1n) is 10.7. The first-order chi connectivity index (χ1) is 16.6. The van der Waals surface area contributed by atoms with Gasteiger partial charge in [-0.05, 0) is 44.0 Å². The number of nitrogens with zero attached hydrogens (tertiary/aromatic N) is 5. The first-order valence-corrected chi connectivity index (χ1v) is 10.7. The van der Waals surface area contributed by atoms with Gasteiger partial charge in [0, 0.05) is 24.2 Å². The minimum Gasteiger partial charge on any atom is -0.481 e. The van der Waals surface area contributed by atoms with Gasteiger partial charge in [-0.3, -0.25) is 9.59 Å². The van der Waals surface area contributed by atoms with Gasteiger partial charge < -0.3 is 31.9 Å². The normalized spacial score (nSPS) is 11.7. The maximum Gasteiger partial charge on any atom is 0.326 e. The number of fused-ring (bicyclic) bond motifs is 1. The second-order valence-corrected chi connectivity index (χ2v) is 7.81. The number of aromatic nitrogens is 4. The van der Waals surface area contributed by atoms with Crippen LogP contribution in [0.1, 0.15) is 41.4 Å². The van der Waals surface area contributed by atoms with Crippen molar-refractivity contribution in [3.63, 3.8) is 0 Å². The zero-order valence-corrected chi connectivity index (χ0v) is 19.2. The predicted molar refractivity (Wildman–Crippen MR) is 128 cm³/mol. The average Bonchev–Trinajstić information content (AvgIpc) is 2.80. The largest absolute Gasteiger partial charge is 0.481 e. The molecule has 0 saturated heterocycles. The Morgan fingerprint density at radius 1 is 1.14 bits per heavy atom. The number of aryl methyl sites for hydroxylation is 1. The number of aliphatic carboxylic acids is 2. The number of benzene rings is 1. The molecule has 2 heterocycles. The Hall–Kier alpha value is -4.55. The van der Waals surface area contributed by atoms with Gasteiger partial charge in [-0.25, -0.2) is 14.8 Å². The van der Waals surface area contributed by atoms with E-state index in [1.807, 2.05) is 18.7 Å². The molecule has 0 spiro atoms. The fourth-order valence-electron chi connectivity index (χ4n) is 3.54. The molecule has 1 amide bonds. The molecule has 0 radical (unpaired) electrons. The van der Waals surface area contributed by atoms with E-state index in [1.165, 1.54) is 0 Å². The highest BCUT2D eigenvalue weighted by Gasteiger charge is 2.22. The van der Waals surface area contributed by atoms with Crippen molar-refractivity contribution < 1.29 is 24.6 Å². The summed E-state index contributed by atoms with van der Waals surface area (Å²) in [5, 5.41) is 20.4. The van der Waals surface area contributed by atoms with Crippen molar-refractivity contribution in [1.82, 2.24) is 25.3 Å². The highest BCUT2D eigenvalue weighted by Crippen LogP contribution is 2.24. The molecule has 0 bridgehead atoms. The molecule has 0 aliphatic heterocycles. The summed E-state index contributed by atoms with van der Waals surface area (Å²) in [5.74, 6) is -2.88. The van der Waals surface area contributed by atoms with Crippen LogP contribution in [-0.4, -0.2) is 60.6 Å². The Labute approximate surface area is 200 Å². The van der Waals surface area contributed by atoms with E-state index < -0.39 is 23.9 Å². The number of hydrogen-bond donors (Lipinski definition) is 5. The summed E-state index contributed by atoms with van der Waals surface area (Å²) in [6.07, 6.45) is 0.993. The standard InChI is InChI=1S/C22H26N8O5/c1-3-30(10-13-9-25-19-17(26-13)18(23)28-22(24)29-19)15-6-4-12(8-11(15)2)20(33)27-14(21(34)35)5-7-16(31)32/h4,6,8-9,14H,3,5,7,10H2,1-2H3,(H,27,33)(H,31,32)(H,34,35)(H4,23,24,25,28,29)/t14-/m0/s1. The minimum atomic E-state index is -1.30. The van der Waals surface area contributed by atoms with Crippen LogP contribution in [0.25, 0.3) is 11.2 Å². The van der Waals surface area contributed by atoms with Gasteiger partial charge in [0.05, 0.1) is 18.4 Å². The molecule has 0 fully saturated rings. The molecule has 1 atom stereocenters. The maximum absolute atomic E-state index is 12.6. The van der Waals surface area contributed by atoms with Crippen LogP contribution in [0.4, 0.5) is 17.5 Å². The molecule has 0 saturated carbocycles. The fourth-order valence-corrected chi connectivity index (χ4v) is 3.54. The van der Waals surface area contributed by atoms with Gasteiger partial charge in [0.15, 0.2) is 17.0 Å². The van der Waals surface area contributed by atoms with Crippen LogP contribution in [0, 0.1) is 6.92 Å². The summed E-state index contributed by atoms with van der Waals surface area (Å²) in [4.78, 5) is 53.5. The van der Waals surface area contributed by atoms with Crippen molar-refractivity contribution in [1.29, 1.82) is 0 Å². The number of amides is 1. The lowest BCUT2D eigenvalue weighted by molar-refractivity contribution is -0.140. The van der Waals surface area contributed by atoms with Gasteiger partial charge in [0.2, 0.25) is 5.95 Å². The lowest BCUT2D eigenvalue weighted by Crippen LogP contribution is -2.41. The molecule has 7 N–H and O–H groups in total. The molecule has 1 aromatic carbocycles. The number of nitrogens with two attached hydrogens (primary N) is 2. The Bertz CT molecular complexity index is 1280. The highest BCUT2D eigenvalue weighted by molar-refractivity contribution is 5.97. The molecular formula is C22H26N8O5. The van der Waals surface area contributed by atoms with Crippen LogP contribution >= 0.6 is 0 Å². The number of hydrogen-bond acceptors (Lipinski definition) is 10. The van der Waals surface area contributed by atoms with Crippen molar-refractivity contribution in [3.05, 3.63) is 41.2 Å². The summed E-state index contributed by atoms with van der Waals surface area (Å²) < 4.78 is 0. The Kier molecular flexibility index (Phi) is 7.59. The van der Waals surface area contributed by atoms with Crippen LogP contribution in [0.2, 0.25) is 0 Å². The Morgan fingerprint density at radius 3 is 2.51 bits per heavy atom. The van der Waals surface area contributed by atoms with Crippen LogP contribution in [-0.2, 0) is 16.1 Å². The zero-order chi connectivity index (χ0) is 25.7. The molecule has 3 aromatic rings. The van der Waals surface area contributed by atoms with E-state index in [-0.39, 0.29) is 30.2 Å². The van der Waals surface area contributed by atoms with Crippen LogP contribution in [0.3, 0.4) is 0 Å². The van der Waals surface area contributed by atoms with E-state index in [1.54, 1.807) is 24.4 Å². The molecule has 3 rings (SSSR count). The molecule has 0 unspecified atom stereocenters. The number of nitrogens with one attached hydrogen (secondary N) is 1.